The molecule has 0 nitrogen and oxygen atoms in total. The van der Waals surface area contributed by atoms with Crippen LogP contribution in [0.5, 0.6) is 0 Å². The summed E-state index contributed by atoms with van der Waals surface area (Å²) in [7, 11) is 0. The minimum atomic E-state index is 0.0649. The maximum Gasteiger partial charge on any atom is 0.0457 e. The molecule has 0 N–H and O–H groups in total. The molecule has 4 aromatic heterocycles. The van der Waals surface area contributed by atoms with Crippen molar-refractivity contribution in [1.82, 2.24) is 0 Å². The fraction of sp³-hybridized carbons (Fsp3) is 0.415. The van der Waals surface area contributed by atoms with Gasteiger partial charge < -0.3 is 0 Å². The molecule has 1 fully saturated rings. The molecule has 1 saturated carbocycles. The summed E-state index contributed by atoms with van der Waals surface area (Å²) in [4.78, 5) is 2.85. The lowest BCUT2D eigenvalue weighted by molar-refractivity contribution is 0.148. The summed E-state index contributed by atoms with van der Waals surface area (Å²) in [5.41, 5.74) is 9.63. The van der Waals surface area contributed by atoms with E-state index in [-0.39, 0.29) is 5.41 Å². The smallest absolute Gasteiger partial charge is 0.0457 e. The first-order chi connectivity index (χ1) is 22.1. The summed E-state index contributed by atoms with van der Waals surface area (Å²) in [5.74, 6) is 0.673. The van der Waals surface area contributed by atoms with E-state index in [0.29, 0.717) is 11.3 Å². The van der Waals surface area contributed by atoms with Gasteiger partial charge in [-0.1, -0.05) is 77.1 Å². The molecule has 2 aliphatic rings. The van der Waals surface area contributed by atoms with E-state index in [2.05, 4.69) is 92.2 Å². The van der Waals surface area contributed by atoms with Gasteiger partial charge in [0.1, 0.15) is 0 Å². The van der Waals surface area contributed by atoms with Gasteiger partial charge in [0.25, 0.3) is 0 Å². The maximum absolute atomic E-state index is 2.68. The van der Waals surface area contributed by atoms with Crippen LogP contribution in [0.2, 0.25) is 0 Å². The lowest BCUT2D eigenvalue weighted by Crippen LogP contribution is -2.39. The molecule has 2 atom stereocenters. The molecule has 6 aromatic rings. The van der Waals surface area contributed by atoms with E-state index in [1.165, 1.54) is 121 Å². The van der Waals surface area contributed by atoms with Crippen molar-refractivity contribution >= 4 is 64.1 Å². The number of hydrogen-bond donors (Lipinski definition) is 0. The zero-order chi connectivity index (χ0) is 30.6. The van der Waals surface area contributed by atoms with Gasteiger partial charge >= 0.3 is 0 Å². The highest BCUT2D eigenvalue weighted by molar-refractivity contribution is 7.29. The van der Waals surface area contributed by atoms with Gasteiger partial charge in [-0.25, -0.2) is 0 Å². The van der Waals surface area contributed by atoms with Crippen molar-refractivity contribution in [1.29, 1.82) is 0 Å². The second kappa shape index (κ2) is 12.1. The third kappa shape index (κ3) is 5.01. The molecular weight excluding hydrogens is 621 g/mol. The second-order valence-corrected chi connectivity index (χ2v) is 18.0. The van der Waals surface area contributed by atoms with Crippen LogP contribution in [-0.4, -0.2) is 0 Å². The van der Waals surface area contributed by atoms with E-state index in [9.17, 15) is 0 Å². The maximum atomic E-state index is 2.68. The normalized spacial score (nSPS) is 20.6. The minimum Gasteiger partial charge on any atom is -0.143 e. The van der Waals surface area contributed by atoms with Crippen LogP contribution >= 0.6 is 45.3 Å². The molecule has 0 radical (unpaired) electrons. The van der Waals surface area contributed by atoms with Crippen molar-refractivity contribution < 1.29 is 0 Å². The van der Waals surface area contributed by atoms with Crippen LogP contribution in [-0.2, 0) is 5.41 Å². The first-order valence-corrected chi connectivity index (χ1v) is 20.7. The van der Waals surface area contributed by atoms with Crippen LogP contribution in [0.1, 0.15) is 103 Å². The number of unbranched alkanes of at least 4 members (excludes halogenated alkanes) is 1. The average molecular weight is 665 g/mol. The van der Waals surface area contributed by atoms with Crippen LogP contribution in [0.4, 0.5) is 0 Å². The van der Waals surface area contributed by atoms with E-state index >= 15 is 0 Å². The Balaban J connectivity index is 1.37. The minimum absolute atomic E-state index is 0.0649. The number of fused-ring (bicyclic) bond motifs is 7. The van der Waals surface area contributed by atoms with Crippen LogP contribution in [0.25, 0.3) is 50.8 Å². The van der Waals surface area contributed by atoms with E-state index < -0.39 is 0 Å². The highest BCUT2D eigenvalue weighted by atomic mass is 32.1. The molecule has 0 bridgehead atoms. The Morgan fingerprint density at radius 3 is 1.82 bits per heavy atom. The fourth-order valence-electron chi connectivity index (χ4n) is 9.36. The quantitative estimate of drug-likeness (QED) is 0.144. The lowest BCUT2D eigenvalue weighted by atomic mass is 9.58. The molecule has 4 heterocycles. The molecule has 0 amide bonds. The van der Waals surface area contributed by atoms with Crippen molar-refractivity contribution in [3.05, 3.63) is 82.6 Å². The monoisotopic (exact) mass is 664 g/mol. The Bertz CT molecular complexity index is 1780. The van der Waals surface area contributed by atoms with E-state index in [0.717, 1.165) is 0 Å². The van der Waals surface area contributed by atoms with Gasteiger partial charge in [-0.05, 0) is 130 Å². The van der Waals surface area contributed by atoms with Crippen molar-refractivity contribution in [3.63, 3.8) is 0 Å². The molecule has 2 unspecified atom stereocenters. The third-order valence-corrected chi connectivity index (χ3v) is 15.5. The van der Waals surface area contributed by atoms with Crippen molar-refractivity contribution in [2.24, 2.45) is 11.3 Å². The molecule has 8 rings (SSSR count). The molecule has 4 heteroatoms. The number of benzene rings is 2. The number of thiophene rings is 4. The van der Waals surface area contributed by atoms with Crippen molar-refractivity contribution in [3.8, 4) is 32.0 Å². The molecule has 0 aliphatic heterocycles. The second-order valence-electron chi connectivity index (χ2n) is 13.9. The van der Waals surface area contributed by atoms with Gasteiger partial charge in [-0.2, -0.15) is 0 Å². The van der Waals surface area contributed by atoms with Crippen molar-refractivity contribution in [2.45, 2.75) is 96.8 Å². The third-order valence-electron chi connectivity index (χ3n) is 11.2. The van der Waals surface area contributed by atoms with Gasteiger partial charge in [0, 0.05) is 34.0 Å². The lowest BCUT2D eigenvalue weighted by Gasteiger charge is -2.45. The summed E-state index contributed by atoms with van der Waals surface area (Å²) in [6.07, 6.45) is 14.7. The van der Waals surface area contributed by atoms with E-state index in [1.807, 2.05) is 45.3 Å². The first kappa shape index (κ1) is 30.1. The Morgan fingerprint density at radius 1 is 0.667 bits per heavy atom. The zero-order valence-electron chi connectivity index (χ0n) is 26.9. The standard InChI is InChI=1S/C41H44S4/c1-4-7-18-40(17-6-3)19-8-10-29(9-5-2)41(26-40)32-22-27(36-24-38-34(44-36)15-20-42-38)11-13-30(32)31-14-12-28(23-33(31)41)37-25-39-35(45-37)16-21-43-39/h11-16,20-25,29H,4-10,17-19,26H2,1-3H3. The molecule has 2 aliphatic carbocycles. The van der Waals surface area contributed by atoms with Gasteiger partial charge in [-0.3, -0.25) is 0 Å². The number of rotatable bonds is 9. The predicted molar refractivity (Wildman–Crippen MR) is 204 cm³/mol. The zero-order valence-corrected chi connectivity index (χ0v) is 30.2. The Hall–Kier alpha value is -2.24. The Labute approximate surface area is 285 Å². The van der Waals surface area contributed by atoms with Gasteiger partial charge in [-0.15, -0.1) is 45.3 Å². The van der Waals surface area contributed by atoms with Crippen LogP contribution < -0.4 is 0 Å². The largest absolute Gasteiger partial charge is 0.143 e. The van der Waals surface area contributed by atoms with Gasteiger partial charge in [0.2, 0.25) is 0 Å². The summed E-state index contributed by atoms with van der Waals surface area (Å²) in [6.45, 7) is 7.25. The summed E-state index contributed by atoms with van der Waals surface area (Å²) in [6, 6.07) is 24.7. The van der Waals surface area contributed by atoms with Crippen molar-refractivity contribution in [2.75, 3.05) is 0 Å². The van der Waals surface area contributed by atoms with E-state index in [4.69, 9.17) is 0 Å². The highest BCUT2D eigenvalue weighted by Gasteiger charge is 2.53. The molecule has 0 saturated heterocycles. The number of hydrogen-bond acceptors (Lipinski definition) is 4. The molecule has 2 aromatic carbocycles. The van der Waals surface area contributed by atoms with Crippen LogP contribution in [0.3, 0.4) is 0 Å². The van der Waals surface area contributed by atoms with Gasteiger partial charge in [0.05, 0.1) is 0 Å². The summed E-state index contributed by atoms with van der Waals surface area (Å²) >= 11 is 7.69. The van der Waals surface area contributed by atoms with Crippen LogP contribution in [0.15, 0.2) is 71.4 Å². The van der Waals surface area contributed by atoms with Gasteiger partial charge in [0.15, 0.2) is 0 Å². The highest BCUT2D eigenvalue weighted by Crippen LogP contribution is 2.64. The first-order valence-electron chi connectivity index (χ1n) is 17.3. The Morgan fingerprint density at radius 2 is 1.29 bits per heavy atom. The fourth-order valence-corrected chi connectivity index (χ4v) is 13.6. The van der Waals surface area contributed by atoms with Crippen LogP contribution in [0, 0.1) is 11.3 Å². The predicted octanol–water partition coefficient (Wildman–Crippen LogP) is 14.8. The SMILES string of the molecule is CCCCC1(CCC)CCCC(CCC)C2(C1)c1cc(-c3cc4sccc4s3)ccc1-c1ccc(-c3cc4sccc4s3)cc12. The molecule has 232 valence electrons. The average Bonchev–Trinajstić information content (AvgIpc) is 3.85. The Kier molecular flexibility index (Phi) is 8.09. The molecule has 45 heavy (non-hydrogen) atoms. The molecule has 1 spiro atoms. The topological polar surface area (TPSA) is 0 Å². The molecular formula is C41H44S4. The van der Waals surface area contributed by atoms with E-state index in [1.54, 1.807) is 11.1 Å². The summed E-state index contributed by atoms with van der Waals surface area (Å²) < 4.78 is 5.70. The summed E-state index contributed by atoms with van der Waals surface area (Å²) in [5, 5.41) is 4.47.